The standard InChI is InChI=1S/C22H26N6O2/c29-19-6-1-2-11-30-18-5-3-4-17(12-18)26-22-20-16(13-23-21(20)24-15-25-22)14-27-7-9-28(19)10-8-27/h3-5,12-13,15H,1-2,6-11,14H2,(H2,23,24,25,26). The van der Waals surface area contributed by atoms with Crippen LogP contribution in [0, 0.1) is 0 Å². The van der Waals surface area contributed by atoms with Crippen molar-refractivity contribution >= 4 is 28.4 Å². The number of H-pyrrole nitrogens is 1. The Hall–Kier alpha value is -3.13. The number of rotatable bonds is 0. The molecule has 0 radical (unpaired) electrons. The Kier molecular flexibility index (Phi) is 5.23. The minimum Gasteiger partial charge on any atom is -0.494 e. The molecule has 1 aromatic carbocycles. The summed E-state index contributed by atoms with van der Waals surface area (Å²) >= 11 is 0. The molecular formula is C22H26N6O2. The second-order valence-electron chi connectivity index (χ2n) is 7.88. The highest BCUT2D eigenvalue weighted by Crippen LogP contribution is 2.29. The lowest BCUT2D eigenvalue weighted by Gasteiger charge is -2.34. The lowest BCUT2D eigenvalue weighted by atomic mass is 10.1. The third kappa shape index (κ3) is 3.95. The fourth-order valence-corrected chi connectivity index (χ4v) is 4.17. The molecular weight excluding hydrogens is 380 g/mol. The number of piperazine rings is 1. The van der Waals surface area contributed by atoms with Crippen LogP contribution in [0.2, 0.25) is 0 Å². The molecule has 0 unspecified atom stereocenters. The summed E-state index contributed by atoms with van der Waals surface area (Å²) in [5, 5.41) is 4.45. The zero-order valence-corrected chi connectivity index (χ0v) is 16.9. The second kappa shape index (κ2) is 8.31. The fourth-order valence-electron chi connectivity index (χ4n) is 4.17. The minimum absolute atomic E-state index is 0.254. The molecule has 3 aliphatic rings. The maximum atomic E-state index is 12.5. The summed E-state index contributed by atoms with van der Waals surface area (Å²) in [6.07, 6.45) is 5.89. The van der Waals surface area contributed by atoms with E-state index in [1.54, 1.807) is 6.33 Å². The third-order valence-electron chi connectivity index (χ3n) is 5.82. The Morgan fingerprint density at radius 3 is 2.87 bits per heavy atom. The normalized spacial score (nSPS) is 18.5. The van der Waals surface area contributed by atoms with Crippen molar-refractivity contribution in [2.75, 3.05) is 38.1 Å². The van der Waals surface area contributed by atoms with Crippen molar-refractivity contribution in [2.45, 2.75) is 25.8 Å². The molecule has 8 nitrogen and oxygen atoms in total. The van der Waals surface area contributed by atoms with E-state index in [0.717, 1.165) is 79.4 Å². The fraction of sp³-hybridized carbons (Fsp3) is 0.409. The Bertz CT molecular complexity index is 1040. The van der Waals surface area contributed by atoms with Gasteiger partial charge in [-0.3, -0.25) is 9.69 Å². The third-order valence-corrected chi connectivity index (χ3v) is 5.82. The van der Waals surface area contributed by atoms with Gasteiger partial charge in [0.15, 0.2) is 0 Å². The van der Waals surface area contributed by atoms with Crippen LogP contribution in [0.1, 0.15) is 24.8 Å². The number of ether oxygens (including phenoxy) is 1. The van der Waals surface area contributed by atoms with Crippen molar-refractivity contribution in [2.24, 2.45) is 0 Å². The van der Waals surface area contributed by atoms with Gasteiger partial charge >= 0.3 is 0 Å². The van der Waals surface area contributed by atoms with Gasteiger partial charge in [-0.05, 0) is 30.5 Å². The molecule has 0 spiro atoms. The van der Waals surface area contributed by atoms with E-state index < -0.39 is 0 Å². The van der Waals surface area contributed by atoms with E-state index >= 15 is 0 Å². The average Bonchev–Trinajstić information content (AvgIpc) is 3.17. The molecule has 1 saturated heterocycles. The van der Waals surface area contributed by atoms with Gasteiger partial charge in [0.1, 0.15) is 23.5 Å². The molecule has 0 saturated carbocycles. The number of hydrogen-bond donors (Lipinski definition) is 2. The number of nitrogens with zero attached hydrogens (tertiary/aromatic N) is 4. The van der Waals surface area contributed by atoms with Crippen molar-refractivity contribution in [1.82, 2.24) is 24.8 Å². The maximum absolute atomic E-state index is 12.5. The molecule has 0 atom stereocenters. The number of aromatic nitrogens is 3. The summed E-state index contributed by atoms with van der Waals surface area (Å²) in [4.78, 5) is 29.1. The number of hydrogen-bond acceptors (Lipinski definition) is 6. The number of fused-ring (bicyclic) bond motifs is 7. The molecule has 156 valence electrons. The SMILES string of the molecule is O=C1CCCCOc2cccc(c2)Nc2ncnc3[nH]cc(c23)CN2CCN1CC2. The molecule has 1 fully saturated rings. The molecule has 30 heavy (non-hydrogen) atoms. The van der Waals surface area contributed by atoms with Crippen molar-refractivity contribution in [3.05, 3.63) is 42.4 Å². The number of amides is 1. The summed E-state index contributed by atoms with van der Waals surface area (Å²) in [7, 11) is 0. The molecule has 5 heterocycles. The predicted molar refractivity (Wildman–Crippen MR) is 115 cm³/mol. The highest BCUT2D eigenvalue weighted by Gasteiger charge is 2.22. The predicted octanol–water partition coefficient (Wildman–Crippen LogP) is 2.91. The highest BCUT2D eigenvalue weighted by atomic mass is 16.5. The minimum atomic E-state index is 0.254. The summed E-state index contributed by atoms with van der Waals surface area (Å²) in [6, 6.07) is 7.90. The topological polar surface area (TPSA) is 86.4 Å². The van der Waals surface area contributed by atoms with E-state index in [2.05, 4.69) is 25.2 Å². The Morgan fingerprint density at radius 1 is 1.07 bits per heavy atom. The van der Waals surface area contributed by atoms with Crippen LogP contribution in [0.4, 0.5) is 11.5 Å². The number of carbonyl (C=O) groups excluding carboxylic acids is 1. The molecule has 1 amide bonds. The van der Waals surface area contributed by atoms with Crippen molar-refractivity contribution in [1.29, 1.82) is 0 Å². The first-order valence-corrected chi connectivity index (χ1v) is 10.6. The monoisotopic (exact) mass is 406 g/mol. The molecule has 0 aliphatic carbocycles. The lowest BCUT2D eigenvalue weighted by molar-refractivity contribution is -0.133. The first-order chi connectivity index (χ1) is 14.8. The number of nitrogens with one attached hydrogen (secondary N) is 2. The summed E-state index contributed by atoms with van der Waals surface area (Å²) in [5.41, 5.74) is 2.89. The molecule has 3 aromatic rings. The largest absolute Gasteiger partial charge is 0.494 e. The maximum Gasteiger partial charge on any atom is 0.222 e. The van der Waals surface area contributed by atoms with Crippen LogP contribution in [0.5, 0.6) is 5.75 Å². The van der Waals surface area contributed by atoms with Gasteiger partial charge in [0, 0.05) is 57.1 Å². The van der Waals surface area contributed by atoms with Crippen LogP contribution in [0.3, 0.4) is 0 Å². The van der Waals surface area contributed by atoms with E-state index in [9.17, 15) is 4.79 Å². The number of aromatic amines is 1. The van der Waals surface area contributed by atoms with Crippen molar-refractivity contribution < 1.29 is 9.53 Å². The van der Waals surface area contributed by atoms with Gasteiger partial charge in [-0.15, -0.1) is 0 Å². The second-order valence-corrected chi connectivity index (χ2v) is 7.88. The van der Waals surface area contributed by atoms with Gasteiger partial charge in [0.25, 0.3) is 0 Å². The van der Waals surface area contributed by atoms with E-state index in [0.29, 0.717) is 13.0 Å². The average molecular weight is 406 g/mol. The first kappa shape index (κ1) is 18.9. The molecule has 4 bridgehead atoms. The zero-order chi connectivity index (χ0) is 20.3. The number of carbonyl (C=O) groups is 1. The van der Waals surface area contributed by atoms with Gasteiger partial charge in [-0.2, -0.15) is 0 Å². The van der Waals surface area contributed by atoms with E-state index in [-0.39, 0.29) is 5.91 Å². The molecule has 6 rings (SSSR count). The van der Waals surface area contributed by atoms with Crippen LogP contribution in [-0.4, -0.2) is 63.4 Å². The van der Waals surface area contributed by atoms with Gasteiger partial charge in [-0.25, -0.2) is 9.97 Å². The smallest absolute Gasteiger partial charge is 0.222 e. The van der Waals surface area contributed by atoms with Crippen molar-refractivity contribution in [3.63, 3.8) is 0 Å². The first-order valence-electron chi connectivity index (χ1n) is 10.6. The number of anilines is 2. The van der Waals surface area contributed by atoms with Crippen LogP contribution < -0.4 is 10.1 Å². The Balaban J connectivity index is 1.48. The van der Waals surface area contributed by atoms with Gasteiger partial charge in [-0.1, -0.05) is 6.07 Å². The highest BCUT2D eigenvalue weighted by molar-refractivity contribution is 5.92. The van der Waals surface area contributed by atoms with Gasteiger partial charge < -0.3 is 19.9 Å². The molecule has 3 aliphatic heterocycles. The van der Waals surface area contributed by atoms with Crippen LogP contribution in [-0.2, 0) is 11.3 Å². The Morgan fingerprint density at radius 2 is 1.97 bits per heavy atom. The van der Waals surface area contributed by atoms with E-state index in [1.165, 1.54) is 0 Å². The summed E-state index contributed by atoms with van der Waals surface area (Å²) < 4.78 is 5.91. The zero-order valence-electron chi connectivity index (χ0n) is 16.9. The number of benzene rings is 1. The van der Waals surface area contributed by atoms with Crippen LogP contribution in [0.15, 0.2) is 36.8 Å². The molecule has 8 heteroatoms. The van der Waals surface area contributed by atoms with Crippen LogP contribution in [0.25, 0.3) is 11.0 Å². The molecule has 2 N–H and O–H groups in total. The van der Waals surface area contributed by atoms with E-state index in [1.807, 2.05) is 35.4 Å². The van der Waals surface area contributed by atoms with Gasteiger partial charge in [0.05, 0.1) is 12.0 Å². The van der Waals surface area contributed by atoms with Gasteiger partial charge in [0.2, 0.25) is 5.91 Å². The summed E-state index contributed by atoms with van der Waals surface area (Å²) in [5.74, 6) is 1.84. The van der Waals surface area contributed by atoms with Crippen molar-refractivity contribution in [3.8, 4) is 5.75 Å². The Labute approximate surface area is 175 Å². The van der Waals surface area contributed by atoms with Crippen LogP contribution >= 0.6 is 0 Å². The summed E-state index contributed by atoms with van der Waals surface area (Å²) in [6.45, 7) is 4.71. The lowest BCUT2D eigenvalue weighted by Crippen LogP contribution is -2.48. The quantitative estimate of drug-likeness (QED) is 0.597. The molecule has 2 aromatic heterocycles. The van der Waals surface area contributed by atoms with E-state index in [4.69, 9.17) is 4.74 Å².